The summed E-state index contributed by atoms with van der Waals surface area (Å²) in [6, 6.07) is 4.67. The summed E-state index contributed by atoms with van der Waals surface area (Å²) < 4.78 is 5.41. The molecule has 0 radical (unpaired) electrons. The highest BCUT2D eigenvalue weighted by Gasteiger charge is 2.30. The molecule has 1 atom stereocenters. The van der Waals surface area contributed by atoms with E-state index in [4.69, 9.17) is 4.74 Å². The second-order valence-electron chi connectivity index (χ2n) is 6.23. The van der Waals surface area contributed by atoms with E-state index in [0.29, 0.717) is 18.4 Å². The second-order valence-corrected chi connectivity index (χ2v) is 7.26. The number of nitrogens with zero attached hydrogens (tertiary/aromatic N) is 2. The van der Waals surface area contributed by atoms with Gasteiger partial charge in [0, 0.05) is 43.5 Å². The molecule has 0 N–H and O–H groups in total. The maximum absolute atomic E-state index is 12.5. The highest BCUT2D eigenvalue weighted by molar-refractivity contribution is 7.09. The highest BCUT2D eigenvalue weighted by atomic mass is 32.1. The van der Waals surface area contributed by atoms with E-state index in [2.05, 4.69) is 27.3 Å². The minimum absolute atomic E-state index is 0.354. The molecule has 22 heavy (non-hydrogen) atoms. The largest absolute Gasteiger partial charge is 0.379 e. The van der Waals surface area contributed by atoms with Gasteiger partial charge >= 0.3 is 0 Å². The summed E-state index contributed by atoms with van der Waals surface area (Å²) in [6.07, 6.45) is 5.02. The van der Waals surface area contributed by atoms with Gasteiger partial charge in [-0.3, -0.25) is 9.69 Å². The Hall–Kier alpha value is -0.910. The Morgan fingerprint density at radius 2 is 2.18 bits per heavy atom. The summed E-state index contributed by atoms with van der Waals surface area (Å²) in [5.74, 6) is 0.354. The predicted octanol–water partition coefficient (Wildman–Crippen LogP) is 2.39. The number of aryl methyl sites for hydroxylation is 1. The molecule has 3 rings (SSSR count). The third-order valence-corrected chi connectivity index (χ3v) is 5.60. The second kappa shape index (κ2) is 8.09. The summed E-state index contributed by atoms with van der Waals surface area (Å²) in [5, 5.41) is 2.11. The zero-order valence-electron chi connectivity index (χ0n) is 13.2. The van der Waals surface area contributed by atoms with Crippen LogP contribution in [0.5, 0.6) is 0 Å². The van der Waals surface area contributed by atoms with E-state index in [9.17, 15) is 4.79 Å². The van der Waals surface area contributed by atoms with Crippen LogP contribution in [0.15, 0.2) is 17.5 Å². The Morgan fingerprint density at radius 3 is 2.95 bits per heavy atom. The zero-order valence-corrected chi connectivity index (χ0v) is 14.0. The van der Waals surface area contributed by atoms with Crippen LogP contribution in [0.25, 0.3) is 0 Å². The summed E-state index contributed by atoms with van der Waals surface area (Å²) in [6.45, 7) is 5.67. The van der Waals surface area contributed by atoms with Gasteiger partial charge in [-0.25, -0.2) is 0 Å². The van der Waals surface area contributed by atoms with Crippen molar-refractivity contribution in [3.8, 4) is 0 Å². The molecule has 2 aliphatic heterocycles. The maximum Gasteiger partial charge on any atom is 0.222 e. The molecule has 1 aromatic rings. The molecule has 0 unspecified atom stereocenters. The van der Waals surface area contributed by atoms with Crippen LogP contribution in [0, 0.1) is 0 Å². The van der Waals surface area contributed by atoms with Crippen LogP contribution in [-0.4, -0.2) is 61.1 Å². The van der Waals surface area contributed by atoms with Crippen molar-refractivity contribution in [1.29, 1.82) is 0 Å². The van der Waals surface area contributed by atoms with E-state index >= 15 is 0 Å². The molecule has 0 saturated carbocycles. The van der Waals surface area contributed by atoms with E-state index in [1.165, 1.54) is 4.88 Å². The van der Waals surface area contributed by atoms with Crippen molar-refractivity contribution in [2.45, 2.75) is 38.1 Å². The quantitative estimate of drug-likeness (QED) is 0.806. The molecule has 1 aromatic heterocycles. The van der Waals surface area contributed by atoms with E-state index in [1.807, 2.05) is 0 Å². The van der Waals surface area contributed by atoms with Crippen molar-refractivity contribution in [3.63, 3.8) is 0 Å². The highest BCUT2D eigenvalue weighted by Crippen LogP contribution is 2.21. The number of carbonyl (C=O) groups excluding carboxylic acids is 1. The number of hydrogen-bond donors (Lipinski definition) is 0. The first-order valence-electron chi connectivity index (χ1n) is 8.45. The van der Waals surface area contributed by atoms with E-state index in [1.54, 1.807) is 11.3 Å². The van der Waals surface area contributed by atoms with E-state index < -0.39 is 0 Å². The van der Waals surface area contributed by atoms with Gasteiger partial charge in [-0.1, -0.05) is 6.07 Å². The first-order chi connectivity index (χ1) is 10.8. The normalized spacial score (nSPS) is 23.1. The minimum Gasteiger partial charge on any atom is -0.379 e. The van der Waals surface area contributed by atoms with Crippen LogP contribution in [0.2, 0.25) is 0 Å². The van der Waals surface area contributed by atoms with Gasteiger partial charge in [-0.15, -0.1) is 11.3 Å². The molecular formula is C17H26N2O2S. The average Bonchev–Trinajstić information content (AvgIpc) is 3.20. The Morgan fingerprint density at radius 1 is 1.32 bits per heavy atom. The molecule has 5 heteroatoms. The third-order valence-electron chi connectivity index (χ3n) is 4.66. The molecule has 0 aromatic carbocycles. The number of carbonyl (C=O) groups is 1. The monoisotopic (exact) mass is 322 g/mol. The predicted molar refractivity (Wildman–Crippen MR) is 89.3 cm³/mol. The summed E-state index contributed by atoms with van der Waals surface area (Å²) in [5.41, 5.74) is 0. The Labute approximate surface area is 137 Å². The third kappa shape index (κ3) is 4.31. The first kappa shape index (κ1) is 16.0. The van der Waals surface area contributed by atoms with Gasteiger partial charge < -0.3 is 9.64 Å². The van der Waals surface area contributed by atoms with Crippen molar-refractivity contribution in [2.75, 3.05) is 39.4 Å². The first-order valence-corrected chi connectivity index (χ1v) is 9.33. The van der Waals surface area contributed by atoms with Crippen molar-refractivity contribution in [3.05, 3.63) is 22.4 Å². The Balaban J connectivity index is 1.43. The lowest BCUT2D eigenvalue weighted by molar-refractivity contribution is -0.132. The number of rotatable bonds is 6. The molecule has 0 aliphatic carbocycles. The van der Waals surface area contributed by atoms with Gasteiger partial charge in [0.15, 0.2) is 0 Å². The van der Waals surface area contributed by atoms with Crippen LogP contribution in [0.4, 0.5) is 0 Å². The van der Waals surface area contributed by atoms with E-state index in [-0.39, 0.29) is 0 Å². The fraction of sp³-hybridized carbons (Fsp3) is 0.706. The van der Waals surface area contributed by atoms with Crippen molar-refractivity contribution < 1.29 is 9.53 Å². The number of likely N-dealkylation sites (tertiary alicyclic amines) is 1. The van der Waals surface area contributed by atoms with Gasteiger partial charge in [-0.2, -0.15) is 0 Å². The lowest BCUT2D eigenvalue weighted by Gasteiger charge is -2.33. The fourth-order valence-corrected chi connectivity index (χ4v) is 4.20. The van der Waals surface area contributed by atoms with Crippen LogP contribution in [0.3, 0.4) is 0 Å². The van der Waals surface area contributed by atoms with Crippen LogP contribution in [0.1, 0.15) is 30.6 Å². The summed E-state index contributed by atoms with van der Waals surface area (Å²) in [7, 11) is 0. The SMILES string of the molecule is O=C(CCCc1cccs1)N1CCC[C@H]1CN1CCOCC1. The van der Waals surface area contributed by atoms with Gasteiger partial charge in [0.1, 0.15) is 0 Å². The zero-order chi connectivity index (χ0) is 15.2. The molecule has 2 fully saturated rings. The standard InChI is InChI=1S/C17H26N2O2S/c20-17(7-1-5-16-6-3-13-22-16)19-8-2-4-15(19)14-18-9-11-21-12-10-18/h3,6,13,15H,1-2,4-5,7-12,14H2/t15-/m0/s1. The topological polar surface area (TPSA) is 32.8 Å². The molecule has 0 bridgehead atoms. The molecule has 2 saturated heterocycles. The number of thiophene rings is 1. The minimum atomic E-state index is 0.354. The van der Waals surface area contributed by atoms with Gasteiger partial charge in [0.05, 0.1) is 13.2 Å². The van der Waals surface area contributed by atoms with Gasteiger partial charge in [0.2, 0.25) is 5.91 Å². The molecule has 0 spiro atoms. The van der Waals surface area contributed by atoms with Crippen molar-refractivity contribution in [2.24, 2.45) is 0 Å². The Bertz CT molecular complexity index is 457. The fourth-order valence-electron chi connectivity index (χ4n) is 3.45. The lowest BCUT2D eigenvalue weighted by atomic mass is 10.1. The van der Waals surface area contributed by atoms with Crippen LogP contribution < -0.4 is 0 Å². The number of amides is 1. The number of hydrogen-bond acceptors (Lipinski definition) is 4. The summed E-state index contributed by atoms with van der Waals surface area (Å²) in [4.78, 5) is 18.5. The average molecular weight is 322 g/mol. The molecule has 1 amide bonds. The van der Waals surface area contributed by atoms with Crippen LogP contribution in [-0.2, 0) is 16.0 Å². The molecule has 4 nitrogen and oxygen atoms in total. The smallest absolute Gasteiger partial charge is 0.222 e. The van der Waals surface area contributed by atoms with Crippen molar-refractivity contribution in [1.82, 2.24) is 9.80 Å². The lowest BCUT2D eigenvalue weighted by Crippen LogP contribution is -2.46. The number of morpholine rings is 1. The molecule has 122 valence electrons. The Kier molecular flexibility index (Phi) is 5.87. The maximum atomic E-state index is 12.5. The van der Waals surface area contributed by atoms with E-state index in [0.717, 1.165) is 65.1 Å². The van der Waals surface area contributed by atoms with Gasteiger partial charge in [-0.05, 0) is 37.1 Å². The number of ether oxygens (including phenoxy) is 1. The molecule has 3 heterocycles. The van der Waals surface area contributed by atoms with Crippen LogP contribution >= 0.6 is 11.3 Å². The van der Waals surface area contributed by atoms with Crippen molar-refractivity contribution >= 4 is 17.2 Å². The molecule has 2 aliphatic rings. The van der Waals surface area contributed by atoms with Gasteiger partial charge in [0.25, 0.3) is 0 Å². The summed E-state index contributed by atoms with van der Waals surface area (Å²) >= 11 is 1.79. The molecular weight excluding hydrogens is 296 g/mol.